The molecular weight excluding hydrogens is 202 g/mol. The van der Waals surface area contributed by atoms with Crippen molar-refractivity contribution in [3.05, 3.63) is 6.43 Å². The third-order valence-electron chi connectivity index (χ3n) is 0.593. The summed E-state index contributed by atoms with van der Waals surface area (Å²) in [4.78, 5) is 0. The third kappa shape index (κ3) is 1.85. The Balaban J connectivity index is 4.40. The minimum atomic E-state index is -5.34. The molecule has 0 bridgehead atoms. The van der Waals surface area contributed by atoms with Gasteiger partial charge in [0, 0.05) is 0 Å². The van der Waals surface area contributed by atoms with E-state index >= 15 is 0 Å². The van der Waals surface area contributed by atoms with Crippen molar-refractivity contribution in [2.24, 2.45) is 0 Å². The zero-order valence-corrected chi connectivity index (χ0v) is 5.66. The largest absolute Gasteiger partial charge is 0.427 e. The Bertz CT molecular complexity index is 117. The summed E-state index contributed by atoms with van der Waals surface area (Å²) in [6.07, 6.45) is -8.42. The second-order valence-corrected chi connectivity index (χ2v) is 2.66. The van der Waals surface area contributed by atoms with Gasteiger partial charge in [0.05, 0.1) is 0 Å². The zero-order chi connectivity index (χ0) is 8.58. The molecule has 0 saturated heterocycles. The van der Waals surface area contributed by atoms with Gasteiger partial charge in [0.1, 0.15) is 0 Å². The quantitative estimate of drug-likeness (QED) is 0.452. The molecule has 7 heteroatoms. The number of alkyl halides is 5. The maximum absolute atomic E-state index is 11.3. The predicted molar refractivity (Wildman–Crippen MR) is 26.0 cm³/mol. The fourth-order valence-electron chi connectivity index (χ4n) is 0.107. The van der Waals surface area contributed by atoms with E-state index in [9.17, 15) is 22.0 Å². The van der Waals surface area contributed by atoms with Crippen molar-refractivity contribution in [1.29, 1.82) is 0 Å². The SMILES string of the molecule is F[C](F)C(Cl)(Cl)C(F)(F)F. The first kappa shape index (κ1) is 10.2. The van der Waals surface area contributed by atoms with Crippen LogP contribution in [0.25, 0.3) is 0 Å². The van der Waals surface area contributed by atoms with Crippen molar-refractivity contribution in [2.45, 2.75) is 10.5 Å². The molecule has 0 amide bonds. The molecule has 10 heavy (non-hydrogen) atoms. The van der Waals surface area contributed by atoms with E-state index in [0.29, 0.717) is 0 Å². The van der Waals surface area contributed by atoms with Crippen LogP contribution in [-0.4, -0.2) is 10.5 Å². The van der Waals surface area contributed by atoms with Gasteiger partial charge in [-0.1, -0.05) is 23.2 Å². The molecule has 0 fully saturated rings. The molecule has 0 aromatic carbocycles. The molecule has 0 saturated carbocycles. The summed E-state index contributed by atoms with van der Waals surface area (Å²) in [6.45, 7) is 0. The van der Waals surface area contributed by atoms with E-state index in [4.69, 9.17) is 0 Å². The summed E-state index contributed by atoms with van der Waals surface area (Å²) in [6, 6.07) is 0. The molecule has 0 heterocycles. The van der Waals surface area contributed by atoms with Gasteiger partial charge >= 0.3 is 12.6 Å². The Hall–Kier alpha value is 0.230. The van der Waals surface area contributed by atoms with Gasteiger partial charge in [0.2, 0.25) is 0 Å². The Morgan fingerprint density at radius 1 is 1.00 bits per heavy atom. The Labute approximate surface area is 62.9 Å². The molecule has 0 N–H and O–H groups in total. The summed E-state index contributed by atoms with van der Waals surface area (Å²) < 4.78 is 52.4. The lowest BCUT2D eigenvalue weighted by Crippen LogP contribution is -2.36. The highest BCUT2D eigenvalue weighted by atomic mass is 35.5. The van der Waals surface area contributed by atoms with Crippen LogP contribution in [0, 0.1) is 6.43 Å². The molecule has 0 spiro atoms. The van der Waals surface area contributed by atoms with Gasteiger partial charge in [-0.25, -0.2) is 0 Å². The molecule has 0 aromatic rings. The fourth-order valence-corrected chi connectivity index (χ4v) is 0.107. The maximum Gasteiger partial charge on any atom is 0.427 e. The monoisotopic (exact) mass is 201 g/mol. The topological polar surface area (TPSA) is 0 Å². The van der Waals surface area contributed by atoms with E-state index in [0.717, 1.165) is 0 Å². The molecule has 61 valence electrons. The summed E-state index contributed by atoms with van der Waals surface area (Å²) in [5, 5.41) is 0. The van der Waals surface area contributed by atoms with Gasteiger partial charge in [-0.15, -0.1) is 0 Å². The third-order valence-corrected chi connectivity index (χ3v) is 1.31. The average Bonchev–Trinajstić information content (AvgIpc) is 1.62. The van der Waals surface area contributed by atoms with E-state index in [2.05, 4.69) is 23.2 Å². The van der Waals surface area contributed by atoms with Crippen LogP contribution in [0.3, 0.4) is 0 Å². The summed E-state index contributed by atoms with van der Waals surface area (Å²) in [5.74, 6) is 0. The van der Waals surface area contributed by atoms with E-state index in [1.54, 1.807) is 0 Å². The molecule has 0 nitrogen and oxygen atoms in total. The normalized spacial score (nSPS) is 14.4. The van der Waals surface area contributed by atoms with Crippen molar-refractivity contribution >= 4 is 23.2 Å². The first-order valence-corrected chi connectivity index (χ1v) is 2.58. The van der Waals surface area contributed by atoms with Gasteiger partial charge in [0.15, 0.2) is 0 Å². The smallest absolute Gasteiger partial charge is 0.196 e. The Morgan fingerprint density at radius 3 is 1.30 bits per heavy atom. The van der Waals surface area contributed by atoms with Gasteiger partial charge in [-0.3, -0.25) is 0 Å². The summed E-state index contributed by atoms with van der Waals surface area (Å²) in [7, 11) is 0. The second kappa shape index (κ2) is 2.70. The minimum absolute atomic E-state index is 3.08. The number of halogens is 7. The number of rotatable bonds is 1. The highest BCUT2D eigenvalue weighted by Gasteiger charge is 2.60. The van der Waals surface area contributed by atoms with E-state index < -0.39 is 16.9 Å². The molecule has 0 aromatic heterocycles. The molecule has 0 rings (SSSR count). The van der Waals surface area contributed by atoms with Gasteiger partial charge in [-0.05, 0) is 0 Å². The number of hydrogen-bond donors (Lipinski definition) is 0. The number of hydrogen-bond acceptors (Lipinski definition) is 0. The highest BCUT2D eigenvalue weighted by Crippen LogP contribution is 2.47. The van der Waals surface area contributed by atoms with Crippen molar-refractivity contribution in [3.63, 3.8) is 0 Å². The minimum Gasteiger partial charge on any atom is -0.196 e. The van der Waals surface area contributed by atoms with Crippen LogP contribution < -0.4 is 0 Å². The first-order valence-electron chi connectivity index (χ1n) is 1.82. The molecule has 0 aliphatic carbocycles. The van der Waals surface area contributed by atoms with Crippen molar-refractivity contribution in [3.8, 4) is 0 Å². The van der Waals surface area contributed by atoms with Gasteiger partial charge in [0.25, 0.3) is 4.33 Å². The fraction of sp³-hybridized carbons (Fsp3) is 0.667. The van der Waals surface area contributed by atoms with E-state index in [1.807, 2.05) is 0 Å². The van der Waals surface area contributed by atoms with Gasteiger partial charge < -0.3 is 0 Å². The Kier molecular flexibility index (Phi) is 2.76. The lowest BCUT2D eigenvalue weighted by atomic mass is 10.4. The first-order chi connectivity index (χ1) is 4.19. The zero-order valence-electron chi connectivity index (χ0n) is 4.15. The molecule has 1 radical (unpaired) electrons. The lowest BCUT2D eigenvalue weighted by Gasteiger charge is -2.19. The van der Waals surface area contributed by atoms with Crippen LogP contribution >= 0.6 is 23.2 Å². The summed E-state index contributed by atoms with van der Waals surface area (Å²) in [5.41, 5.74) is 0. The van der Waals surface area contributed by atoms with Crippen molar-refractivity contribution in [1.82, 2.24) is 0 Å². The molecule has 0 atom stereocenters. The predicted octanol–water partition coefficient (Wildman–Crippen LogP) is 3.15. The lowest BCUT2D eigenvalue weighted by molar-refractivity contribution is -0.150. The molecular formula is C3Cl2F5. The van der Waals surface area contributed by atoms with Crippen LogP contribution in [0.5, 0.6) is 0 Å². The van der Waals surface area contributed by atoms with E-state index in [-0.39, 0.29) is 0 Å². The second-order valence-electron chi connectivity index (χ2n) is 1.33. The summed E-state index contributed by atoms with van der Waals surface area (Å²) >= 11 is 8.40. The van der Waals surface area contributed by atoms with Crippen molar-refractivity contribution < 1.29 is 22.0 Å². The van der Waals surface area contributed by atoms with Crippen LogP contribution in [0.15, 0.2) is 0 Å². The molecule has 0 aliphatic heterocycles. The van der Waals surface area contributed by atoms with Crippen molar-refractivity contribution in [2.75, 3.05) is 0 Å². The van der Waals surface area contributed by atoms with Crippen LogP contribution in [-0.2, 0) is 0 Å². The van der Waals surface area contributed by atoms with E-state index in [1.165, 1.54) is 0 Å². The van der Waals surface area contributed by atoms with Gasteiger partial charge in [-0.2, -0.15) is 22.0 Å². The van der Waals surface area contributed by atoms with Crippen LogP contribution in [0.1, 0.15) is 0 Å². The van der Waals surface area contributed by atoms with Crippen LogP contribution in [0.4, 0.5) is 22.0 Å². The average molecular weight is 202 g/mol. The Morgan fingerprint density at radius 2 is 1.30 bits per heavy atom. The standard InChI is InChI=1S/C3Cl2F5/c4-2(5,1(6)7)3(8,9)10. The highest BCUT2D eigenvalue weighted by molar-refractivity contribution is 6.50. The molecule has 0 unspecified atom stereocenters. The molecule has 0 aliphatic rings. The van der Waals surface area contributed by atoms with Crippen LogP contribution in [0.2, 0.25) is 0 Å². The maximum atomic E-state index is 11.3.